The number of carbonyl (C=O) groups excluding carboxylic acids is 1. The number of benzene rings is 1. The van der Waals surface area contributed by atoms with Crippen molar-refractivity contribution >= 4 is 11.6 Å². The van der Waals surface area contributed by atoms with Crippen molar-refractivity contribution < 1.29 is 14.6 Å². The van der Waals surface area contributed by atoms with Gasteiger partial charge in [0, 0.05) is 13.2 Å². The van der Waals surface area contributed by atoms with Crippen molar-refractivity contribution in [3.63, 3.8) is 0 Å². The molecule has 1 aromatic rings. The van der Waals surface area contributed by atoms with Crippen LogP contribution in [-0.2, 0) is 0 Å². The second-order valence-electron chi connectivity index (χ2n) is 3.61. The molecule has 0 bridgehead atoms. The van der Waals surface area contributed by atoms with E-state index in [1.54, 1.807) is 18.2 Å². The molecule has 5 nitrogen and oxygen atoms in total. The molecule has 0 aliphatic heterocycles. The van der Waals surface area contributed by atoms with Crippen LogP contribution in [0.15, 0.2) is 18.2 Å². The van der Waals surface area contributed by atoms with E-state index in [2.05, 4.69) is 5.32 Å². The van der Waals surface area contributed by atoms with Gasteiger partial charge in [-0.1, -0.05) is 6.07 Å². The number of hydrogen-bond acceptors (Lipinski definition) is 4. The van der Waals surface area contributed by atoms with Gasteiger partial charge in [-0.05, 0) is 25.0 Å². The predicted octanol–water partition coefficient (Wildman–Crippen LogP) is 0.780. The number of para-hydroxylation sites is 1. The number of nitrogens with two attached hydrogens (primary N) is 1. The summed E-state index contributed by atoms with van der Waals surface area (Å²) in [7, 11) is 1.48. The van der Waals surface area contributed by atoms with E-state index in [0.717, 1.165) is 6.42 Å². The first-order valence-electron chi connectivity index (χ1n) is 5.52. The van der Waals surface area contributed by atoms with Crippen LogP contribution in [0.25, 0.3) is 0 Å². The SMILES string of the molecule is COc1c(N)cccc1C(=O)NCCCCO. The molecule has 0 atom stereocenters. The first-order valence-corrected chi connectivity index (χ1v) is 5.52. The van der Waals surface area contributed by atoms with Crippen LogP contribution in [0.3, 0.4) is 0 Å². The lowest BCUT2D eigenvalue weighted by Crippen LogP contribution is -2.25. The third-order valence-corrected chi connectivity index (χ3v) is 2.36. The molecule has 94 valence electrons. The Labute approximate surface area is 101 Å². The summed E-state index contributed by atoms with van der Waals surface area (Å²) >= 11 is 0. The van der Waals surface area contributed by atoms with Gasteiger partial charge in [-0.25, -0.2) is 0 Å². The average Bonchev–Trinajstić information content (AvgIpc) is 2.34. The van der Waals surface area contributed by atoms with E-state index in [-0.39, 0.29) is 12.5 Å². The van der Waals surface area contributed by atoms with Crippen LogP contribution in [0.4, 0.5) is 5.69 Å². The zero-order valence-electron chi connectivity index (χ0n) is 9.90. The smallest absolute Gasteiger partial charge is 0.255 e. The molecular formula is C12H18N2O3. The van der Waals surface area contributed by atoms with Gasteiger partial charge in [0.15, 0.2) is 5.75 Å². The molecular weight excluding hydrogens is 220 g/mol. The van der Waals surface area contributed by atoms with Gasteiger partial charge >= 0.3 is 0 Å². The molecule has 0 fully saturated rings. The van der Waals surface area contributed by atoms with Gasteiger partial charge in [-0.2, -0.15) is 0 Å². The number of hydrogen-bond donors (Lipinski definition) is 3. The molecule has 1 aromatic carbocycles. The Hall–Kier alpha value is -1.75. The monoisotopic (exact) mass is 238 g/mol. The number of anilines is 1. The zero-order valence-corrected chi connectivity index (χ0v) is 9.90. The van der Waals surface area contributed by atoms with Crippen LogP contribution < -0.4 is 15.8 Å². The van der Waals surface area contributed by atoms with Crippen LogP contribution in [0, 0.1) is 0 Å². The molecule has 0 saturated heterocycles. The molecule has 0 aromatic heterocycles. The third kappa shape index (κ3) is 3.64. The quantitative estimate of drug-likeness (QED) is 0.505. The summed E-state index contributed by atoms with van der Waals surface area (Å²) in [5.41, 5.74) is 6.58. The lowest BCUT2D eigenvalue weighted by atomic mass is 10.1. The standard InChI is InChI=1S/C12H18N2O3/c1-17-11-9(5-4-6-10(11)13)12(16)14-7-2-3-8-15/h4-6,15H,2-3,7-8,13H2,1H3,(H,14,16). The number of unbranched alkanes of at least 4 members (excludes halogenated alkanes) is 1. The molecule has 1 rings (SSSR count). The number of rotatable bonds is 6. The molecule has 0 saturated carbocycles. The highest BCUT2D eigenvalue weighted by Crippen LogP contribution is 2.25. The molecule has 0 aliphatic carbocycles. The first kappa shape index (κ1) is 13.3. The van der Waals surface area contributed by atoms with E-state index in [0.29, 0.717) is 30.0 Å². The van der Waals surface area contributed by atoms with Gasteiger partial charge in [0.05, 0.1) is 18.4 Å². The number of nitrogen functional groups attached to an aromatic ring is 1. The van der Waals surface area contributed by atoms with Crippen molar-refractivity contribution in [2.75, 3.05) is 26.0 Å². The normalized spacial score (nSPS) is 10.0. The van der Waals surface area contributed by atoms with Crippen molar-refractivity contribution in [3.8, 4) is 5.75 Å². The van der Waals surface area contributed by atoms with E-state index in [1.807, 2.05) is 0 Å². The molecule has 17 heavy (non-hydrogen) atoms. The maximum Gasteiger partial charge on any atom is 0.255 e. The first-order chi connectivity index (χ1) is 8.20. The fraction of sp³-hybridized carbons (Fsp3) is 0.417. The summed E-state index contributed by atoms with van der Waals surface area (Å²) in [5.74, 6) is 0.180. The van der Waals surface area contributed by atoms with Gasteiger partial charge in [-0.3, -0.25) is 4.79 Å². The highest BCUT2D eigenvalue weighted by Gasteiger charge is 2.13. The Morgan fingerprint density at radius 2 is 2.24 bits per heavy atom. The Morgan fingerprint density at radius 3 is 2.88 bits per heavy atom. The van der Waals surface area contributed by atoms with Gasteiger partial charge < -0.3 is 20.9 Å². The summed E-state index contributed by atoms with van der Waals surface area (Å²) in [5, 5.41) is 11.4. The number of aliphatic hydroxyl groups is 1. The van der Waals surface area contributed by atoms with Crippen LogP contribution in [-0.4, -0.2) is 31.3 Å². The van der Waals surface area contributed by atoms with Crippen LogP contribution in [0.5, 0.6) is 5.75 Å². The fourth-order valence-corrected chi connectivity index (χ4v) is 1.50. The van der Waals surface area contributed by atoms with Crippen LogP contribution >= 0.6 is 0 Å². The van der Waals surface area contributed by atoms with Crippen molar-refractivity contribution in [3.05, 3.63) is 23.8 Å². The summed E-state index contributed by atoms with van der Waals surface area (Å²) in [4.78, 5) is 11.8. The van der Waals surface area contributed by atoms with Gasteiger partial charge in [0.1, 0.15) is 0 Å². The predicted molar refractivity (Wildman–Crippen MR) is 66.1 cm³/mol. The van der Waals surface area contributed by atoms with Gasteiger partial charge in [0.2, 0.25) is 0 Å². The average molecular weight is 238 g/mol. The molecule has 0 heterocycles. The van der Waals surface area contributed by atoms with Crippen molar-refractivity contribution in [1.82, 2.24) is 5.32 Å². The minimum atomic E-state index is -0.216. The molecule has 0 aliphatic rings. The number of amides is 1. The third-order valence-electron chi connectivity index (χ3n) is 2.36. The second-order valence-corrected chi connectivity index (χ2v) is 3.61. The maximum atomic E-state index is 11.8. The lowest BCUT2D eigenvalue weighted by molar-refractivity contribution is 0.0949. The van der Waals surface area contributed by atoms with Crippen molar-refractivity contribution in [2.45, 2.75) is 12.8 Å². The Morgan fingerprint density at radius 1 is 1.47 bits per heavy atom. The lowest BCUT2D eigenvalue weighted by Gasteiger charge is -2.10. The molecule has 4 N–H and O–H groups in total. The minimum Gasteiger partial charge on any atom is -0.494 e. The highest BCUT2D eigenvalue weighted by atomic mass is 16.5. The summed E-state index contributed by atoms with van der Waals surface area (Å²) < 4.78 is 5.10. The van der Waals surface area contributed by atoms with Crippen molar-refractivity contribution in [2.24, 2.45) is 0 Å². The molecule has 1 amide bonds. The van der Waals surface area contributed by atoms with Crippen molar-refractivity contribution in [1.29, 1.82) is 0 Å². The number of nitrogens with one attached hydrogen (secondary N) is 1. The van der Waals surface area contributed by atoms with E-state index in [4.69, 9.17) is 15.6 Å². The van der Waals surface area contributed by atoms with Crippen LogP contribution in [0.2, 0.25) is 0 Å². The topological polar surface area (TPSA) is 84.6 Å². The second kappa shape index (κ2) is 6.75. The fourth-order valence-electron chi connectivity index (χ4n) is 1.50. The van der Waals surface area contributed by atoms with Gasteiger partial charge in [-0.15, -0.1) is 0 Å². The Bertz CT molecular complexity index is 380. The number of aliphatic hydroxyl groups excluding tert-OH is 1. The number of ether oxygens (including phenoxy) is 1. The van der Waals surface area contributed by atoms with E-state index in [1.165, 1.54) is 7.11 Å². The Balaban J connectivity index is 2.65. The summed E-state index contributed by atoms with van der Waals surface area (Å²) in [6, 6.07) is 5.05. The minimum absolute atomic E-state index is 0.136. The van der Waals surface area contributed by atoms with E-state index >= 15 is 0 Å². The molecule has 0 unspecified atom stereocenters. The molecule has 0 radical (unpaired) electrons. The summed E-state index contributed by atoms with van der Waals surface area (Å²) in [6.07, 6.45) is 1.42. The van der Waals surface area contributed by atoms with E-state index in [9.17, 15) is 4.79 Å². The highest BCUT2D eigenvalue weighted by molar-refractivity contribution is 5.98. The number of methoxy groups -OCH3 is 1. The van der Waals surface area contributed by atoms with E-state index < -0.39 is 0 Å². The largest absolute Gasteiger partial charge is 0.494 e. The van der Waals surface area contributed by atoms with Gasteiger partial charge in [0.25, 0.3) is 5.91 Å². The van der Waals surface area contributed by atoms with Crippen LogP contribution in [0.1, 0.15) is 23.2 Å². The maximum absolute atomic E-state index is 11.8. The summed E-state index contributed by atoms with van der Waals surface area (Å²) in [6.45, 7) is 0.662. The Kier molecular flexibility index (Phi) is 5.29. The molecule has 0 spiro atoms. The molecule has 5 heteroatoms. The zero-order chi connectivity index (χ0) is 12.7. The number of carbonyl (C=O) groups is 1.